The van der Waals surface area contributed by atoms with Crippen molar-refractivity contribution >= 4 is 50.7 Å². The fraction of sp³-hybridized carbons (Fsp3) is 0.257. The van der Waals surface area contributed by atoms with Gasteiger partial charge in [-0.3, -0.25) is 13.9 Å². The summed E-state index contributed by atoms with van der Waals surface area (Å²) >= 11 is 12.6. The van der Waals surface area contributed by atoms with Crippen LogP contribution in [-0.2, 0) is 32.6 Å². The third-order valence-corrected chi connectivity index (χ3v) is 10.0. The number of sulfonamides is 1. The van der Waals surface area contributed by atoms with E-state index in [9.17, 15) is 18.0 Å². The van der Waals surface area contributed by atoms with Crippen molar-refractivity contribution in [2.45, 2.75) is 57.1 Å². The van der Waals surface area contributed by atoms with E-state index in [-0.39, 0.29) is 29.8 Å². The van der Waals surface area contributed by atoms with Gasteiger partial charge in [-0.05, 0) is 73.4 Å². The number of carbonyl (C=O) groups excluding carboxylic acids is 2. The number of rotatable bonds is 13. The number of hydrogen-bond acceptors (Lipinski definition) is 4. The highest BCUT2D eigenvalue weighted by molar-refractivity contribution is 7.92. The van der Waals surface area contributed by atoms with Gasteiger partial charge in [0.1, 0.15) is 12.6 Å². The second-order valence-corrected chi connectivity index (χ2v) is 13.6. The molecule has 0 aliphatic carbocycles. The van der Waals surface area contributed by atoms with Crippen LogP contribution in [0.4, 0.5) is 5.69 Å². The summed E-state index contributed by atoms with van der Waals surface area (Å²) in [6.45, 7) is 5.08. The van der Waals surface area contributed by atoms with Gasteiger partial charge in [0.25, 0.3) is 10.0 Å². The number of amides is 2. The van der Waals surface area contributed by atoms with Crippen LogP contribution in [0.3, 0.4) is 0 Å². The Morgan fingerprint density at radius 3 is 2.11 bits per heavy atom. The van der Waals surface area contributed by atoms with E-state index in [0.29, 0.717) is 33.3 Å². The predicted molar refractivity (Wildman–Crippen MR) is 181 cm³/mol. The van der Waals surface area contributed by atoms with Gasteiger partial charge in [0, 0.05) is 29.1 Å². The molecule has 236 valence electrons. The lowest BCUT2D eigenvalue weighted by atomic mass is 10.0. The molecule has 10 heteroatoms. The predicted octanol–water partition coefficient (Wildman–Crippen LogP) is 7.05. The molecule has 0 bridgehead atoms. The van der Waals surface area contributed by atoms with Crippen molar-refractivity contribution in [1.29, 1.82) is 0 Å². The van der Waals surface area contributed by atoms with Crippen molar-refractivity contribution in [3.05, 3.63) is 130 Å². The molecule has 0 radical (unpaired) electrons. The normalized spacial score (nSPS) is 12.6. The quantitative estimate of drug-likeness (QED) is 0.166. The zero-order chi connectivity index (χ0) is 32.6. The van der Waals surface area contributed by atoms with Crippen molar-refractivity contribution < 1.29 is 18.0 Å². The van der Waals surface area contributed by atoms with Gasteiger partial charge in [-0.25, -0.2) is 8.42 Å². The number of anilines is 1. The second-order valence-electron chi connectivity index (χ2n) is 10.9. The molecule has 45 heavy (non-hydrogen) atoms. The molecule has 2 atom stereocenters. The topological polar surface area (TPSA) is 86.8 Å². The lowest BCUT2D eigenvalue weighted by Crippen LogP contribution is -2.54. The van der Waals surface area contributed by atoms with Crippen molar-refractivity contribution in [2.24, 2.45) is 0 Å². The number of benzene rings is 4. The Balaban J connectivity index is 1.83. The van der Waals surface area contributed by atoms with Gasteiger partial charge < -0.3 is 10.2 Å². The molecule has 0 aliphatic heterocycles. The monoisotopic (exact) mass is 665 g/mol. The highest BCUT2D eigenvalue weighted by atomic mass is 35.5. The molecule has 0 spiro atoms. The molecule has 0 fully saturated rings. The summed E-state index contributed by atoms with van der Waals surface area (Å²) in [5.74, 6) is -0.896. The maximum absolute atomic E-state index is 14.6. The van der Waals surface area contributed by atoms with Crippen molar-refractivity contribution in [1.82, 2.24) is 10.2 Å². The number of carbonyl (C=O) groups is 2. The Kier molecular flexibility index (Phi) is 11.7. The molecule has 0 aliphatic rings. The zero-order valence-electron chi connectivity index (χ0n) is 25.5. The van der Waals surface area contributed by atoms with Crippen LogP contribution >= 0.6 is 23.2 Å². The van der Waals surface area contributed by atoms with Gasteiger partial charge in [-0.15, -0.1) is 0 Å². The van der Waals surface area contributed by atoms with Crippen LogP contribution in [0.1, 0.15) is 37.0 Å². The van der Waals surface area contributed by atoms with E-state index in [1.54, 1.807) is 55.5 Å². The fourth-order valence-electron chi connectivity index (χ4n) is 4.90. The number of aryl methyl sites for hydroxylation is 1. The molecular weight excluding hydrogens is 629 g/mol. The van der Waals surface area contributed by atoms with Gasteiger partial charge in [-0.1, -0.05) is 96.9 Å². The van der Waals surface area contributed by atoms with Crippen molar-refractivity contribution in [3.63, 3.8) is 0 Å². The summed E-state index contributed by atoms with van der Waals surface area (Å²) in [4.78, 5) is 29.9. The SMILES string of the molecule is CC[C@@H](C)NC(=O)[C@H](Cc1ccccc1)N(Cc1ccccc1Cl)C(=O)CN(c1ccccc1C)S(=O)(=O)c1ccc(Cl)cc1. The molecule has 1 N–H and O–H groups in total. The zero-order valence-corrected chi connectivity index (χ0v) is 27.8. The highest BCUT2D eigenvalue weighted by Crippen LogP contribution is 2.29. The van der Waals surface area contributed by atoms with E-state index in [0.717, 1.165) is 9.87 Å². The number of hydrogen-bond donors (Lipinski definition) is 1. The Morgan fingerprint density at radius 1 is 0.844 bits per heavy atom. The number of para-hydroxylation sites is 1. The van der Waals surface area contributed by atoms with Gasteiger partial charge >= 0.3 is 0 Å². The van der Waals surface area contributed by atoms with Crippen LogP contribution in [0.15, 0.2) is 108 Å². The molecule has 0 aromatic heterocycles. The molecular formula is C35H37Cl2N3O4S. The largest absolute Gasteiger partial charge is 0.352 e. The first-order chi connectivity index (χ1) is 21.5. The lowest BCUT2D eigenvalue weighted by Gasteiger charge is -2.34. The van der Waals surface area contributed by atoms with Crippen molar-refractivity contribution in [3.8, 4) is 0 Å². The fourth-order valence-corrected chi connectivity index (χ4v) is 6.70. The first-order valence-electron chi connectivity index (χ1n) is 14.7. The summed E-state index contributed by atoms with van der Waals surface area (Å²) in [6.07, 6.45) is 0.913. The average molecular weight is 667 g/mol. The van der Waals surface area contributed by atoms with Crippen LogP contribution in [0.5, 0.6) is 0 Å². The Hall–Kier alpha value is -3.85. The summed E-state index contributed by atoms with van der Waals surface area (Å²) < 4.78 is 29.4. The van der Waals surface area contributed by atoms with Gasteiger partial charge in [-0.2, -0.15) is 0 Å². The molecule has 0 saturated heterocycles. The lowest BCUT2D eigenvalue weighted by molar-refractivity contribution is -0.140. The average Bonchev–Trinajstić information content (AvgIpc) is 3.03. The maximum Gasteiger partial charge on any atom is 0.264 e. The number of halogens is 2. The van der Waals surface area contributed by atoms with Crippen LogP contribution in [0.25, 0.3) is 0 Å². The molecule has 0 heterocycles. The van der Waals surface area contributed by atoms with Gasteiger partial charge in [0.15, 0.2) is 0 Å². The van der Waals surface area contributed by atoms with Crippen LogP contribution in [0, 0.1) is 6.92 Å². The number of nitrogens with one attached hydrogen (secondary N) is 1. The Labute approximate surface area is 275 Å². The standard InChI is InChI=1S/C35H37Cl2N3O4S/c1-4-26(3)38-35(42)33(22-27-13-6-5-7-14-27)39(23-28-15-9-10-16-31(28)37)34(41)24-40(32-17-11-8-12-25(32)2)45(43,44)30-20-18-29(36)19-21-30/h5-21,26,33H,4,22-24H2,1-3H3,(H,38,42)/t26-,33+/m1/s1. The van der Waals surface area contributed by atoms with E-state index in [1.165, 1.54) is 29.2 Å². The summed E-state index contributed by atoms with van der Waals surface area (Å²) in [6, 6.07) is 28.2. The summed E-state index contributed by atoms with van der Waals surface area (Å²) in [7, 11) is -4.23. The van der Waals surface area contributed by atoms with E-state index in [4.69, 9.17) is 23.2 Å². The van der Waals surface area contributed by atoms with E-state index in [1.807, 2.05) is 44.2 Å². The first kappa shape index (κ1) is 34.0. The van der Waals surface area contributed by atoms with Gasteiger partial charge in [0.05, 0.1) is 10.6 Å². The maximum atomic E-state index is 14.6. The van der Waals surface area contributed by atoms with Crippen LogP contribution in [0.2, 0.25) is 10.0 Å². The molecule has 4 rings (SSSR count). The minimum atomic E-state index is -4.23. The Bertz CT molecular complexity index is 1720. The van der Waals surface area contributed by atoms with E-state index in [2.05, 4.69) is 5.32 Å². The molecule has 0 saturated carbocycles. The van der Waals surface area contributed by atoms with Crippen LogP contribution in [-0.4, -0.2) is 43.8 Å². The Morgan fingerprint density at radius 2 is 1.47 bits per heavy atom. The molecule has 4 aromatic carbocycles. The third kappa shape index (κ3) is 8.66. The first-order valence-corrected chi connectivity index (χ1v) is 16.9. The molecule has 0 unspecified atom stereocenters. The van der Waals surface area contributed by atoms with E-state index >= 15 is 0 Å². The minimum Gasteiger partial charge on any atom is -0.352 e. The van der Waals surface area contributed by atoms with Gasteiger partial charge in [0.2, 0.25) is 11.8 Å². The third-order valence-electron chi connectivity index (χ3n) is 7.64. The smallest absolute Gasteiger partial charge is 0.264 e. The van der Waals surface area contributed by atoms with E-state index < -0.39 is 28.5 Å². The highest BCUT2D eigenvalue weighted by Gasteiger charge is 2.35. The molecule has 7 nitrogen and oxygen atoms in total. The second kappa shape index (κ2) is 15.4. The molecule has 4 aromatic rings. The van der Waals surface area contributed by atoms with Crippen LogP contribution < -0.4 is 9.62 Å². The summed E-state index contributed by atoms with van der Waals surface area (Å²) in [5.41, 5.74) is 2.49. The summed E-state index contributed by atoms with van der Waals surface area (Å²) in [5, 5.41) is 3.85. The minimum absolute atomic E-state index is 0.00740. The van der Waals surface area contributed by atoms with Crippen molar-refractivity contribution in [2.75, 3.05) is 10.8 Å². The molecule has 2 amide bonds. The number of nitrogens with zero attached hydrogens (tertiary/aromatic N) is 2.